The van der Waals surface area contributed by atoms with Crippen molar-refractivity contribution >= 4 is 31.5 Å². The van der Waals surface area contributed by atoms with Crippen LogP contribution < -0.4 is 9.30 Å². The maximum absolute atomic E-state index is 6.82. The first-order chi connectivity index (χ1) is 25.5. The summed E-state index contributed by atoms with van der Waals surface area (Å²) in [6.07, 6.45) is 5.59. The van der Waals surface area contributed by atoms with E-state index in [0.29, 0.717) is 11.5 Å². The first-order valence-corrected chi connectivity index (χ1v) is 18.1. The Kier molecular flexibility index (Phi) is 9.38. The first-order valence-electron chi connectivity index (χ1n) is 17.3. The first kappa shape index (κ1) is 34.5. The number of aryl methyl sites for hydroxylation is 3. The quantitative estimate of drug-likeness (QED) is 0.118. The van der Waals surface area contributed by atoms with Crippen molar-refractivity contribution in [3.05, 3.63) is 181 Å². The van der Waals surface area contributed by atoms with Gasteiger partial charge in [-0.25, -0.2) is 0 Å². The third-order valence-corrected chi connectivity index (χ3v) is 10.5. The normalized spacial score (nSPS) is 11.2. The number of hydrogen-bond acceptors (Lipinski definition) is 3. The Morgan fingerprint density at radius 1 is 0.679 bits per heavy atom. The van der Waals surface area contributed by atoms with E-state index in [1.54, 1.807) is 11.3 Å². The molecule has 0 radical (unpaired) electrons. The predicted octanol–water partition coefficient (Wildman–Crippen LogP) is 11.6. The van der Waals surface area contributed by atoms with Crippen LogP contribution in [0.5, 0.6) is 11.5 Å². The van der Waals surface area contributed by atoms with Gasteiger partial charge in [0.1, 0.15) is 0 Å². The number of benzene rings is 6. The summed E-state index contributed by atoms with van der Waals surface area (Å²) >= 11 is 1.75. The molecule has 0 amide bonds. The Bertz CT molecular complexity index is 2710. The summed E-state index contributed by atoms with van der Waals surface area (Å²) < 4.78 is 13.5. The van der Waals surface area contributed by atoms with Crippen LogP contribution in [-0.4, -0.2) is 9.55 Å². The Balaban J connectivity index is 0.00000400. The zero-order valence-corrected chi connectivity index (χ0v) is 32.4. The standard InChI is InChI=1S/C47H33N3OS.Pt/c1-31-25-32(2)45(33(3)26-31)50-30-49(46(34-15-6-4-7-16-34)47(50)35-17-8-5-9-18-35)37-19-14-20-38(29-37)51-41-27-36(40-22-12-13-24-48-40)28-43-44(41)39-21-10-11-23-42(39)52-43;/h4-26,28H,1-3H3;/q-2;. The van der Waals surface area contributed by atoms with Gasteiger partial charge in [0.15, 0.2) is 0 Å². The van der Waals surface area contributed by atoms with Crippen molar-refractivity contribution in [2.24, 2.45) is 0 Å². The van der Waals surface area contributed by atoms with Crippen LogP contribution in [0.3, 0.4) is 0 Å². The molecular formula is C47H33N3OPtS-2. The second-order valence-electron chi connectivity index (χ2n) is 13.0. The van der Waals surface area contributed by atoms with Gasteiger partial charge < -0.3 is 14.3 Å². The monoisotopic (exact) mass is 882 g/mol. The molecule has 0 saturated heterocycles. The summed E-state index contributed by atoms with van der Waals surface area (Å²) in [4.78, 5) is 4.63. The summed E-state index contributed by atoms with van der Waals surface area (Å²) in [5.41, 5.74) is 11.5. The minimum Gasteiger partial charge on any atom is -0.503 e. The number of pyridine rings is 1. The average molecular weight is 883 g/mol. The van der Waals surface area contributed by atoms with E-state index in [-0.39, 0.29) is 21.1 Å². The fourth-order valence-electron chi connectivity index (χ4n) is 7.22. The van der Waals surface area contributed by atoms with Gasteiger partial charge in [-0.2, -0.15) is 23.5 Å². The summed E-state index contributed by atoms with van der Waals surface area (Å²) in [6.45, 7) is 6.50. The number of ether oxygens (including phenoxy) is 1. The SMILES string of the molecule is Cc1cc(C)c(-[n+]2[c-]n(-c3[c-]c(Oc4[c-]c(-c5ccccn5)cc5sc6ccccc6c45)ccc3)c(-c3ccccc3)c2-c2ccccc2)c(C)c1.[Pt]. The summed E-state index contributed by atoms with van der Waals surface area (Å²) in [7, 11) is 0. The molecule has 0 spiro atoms. The van der Waals surface area contributed by atoms with E-state index in [1.165, 1.54) is 21.4 Å². The van der Waals surface area contributed by atoms with Gasteiger partial charge in [-0.05, 0) is 82.0 Å². The van der Waals surface area contributed by atoms with Crippen molar-refractivity contribution in [3.8, 4) is 56.6 Å². The fraction of sp³-hybridized carbons (Fsp3) is 0.0638. The van der Waals surface area contributed by atoms with Gasteiger partial charge in [0.25, 0.3) is 6.33 Å². The Morgan fingerprint density at radius 3 is 2.11 bits per heavy atom. The van der Waals surface area contributed by atoms with Gasteiger partial charge in [0.2, 0.25) is 0 Å². The molecule has 53 heavy (non-hydrogen) atoms. The topological polar surface area (TPSA) is 30.9 Å². The third kappa shape index (κ3) is 6.41. The van der Waals surface area contributed by atoms with Crippen LogP contribution >= 0.6 is 11.3 Å². The predicted molar refractivity (Wildman–Crippen MR) is 212 cm³/mol. The van der Waals surface area contributed by atoms with Crippen LogP contribution in [0, 0.1) is 39.2 Å². The number of nitrogens with zero attached hydrogens (tertiary/aromatic N) is 3. The van der Waals surface area contributed by atoms with Crippen molar-refractivity contribution in [1.29, 1.82) is 0 Å². The number of fused-ring (bicyclic) bond motifs is 3. The van der Waals surface area contributed by atoms with Crippen molar-refractivity contribution in [1.82, 2.24) is 9.55 Å². The number of hydrogen-bond donors (Lipinski definition) is 0. The van der Waals surface area contributed by atoms with E-state index < -0.39 is 0 Å². The van der Waals surface area contributed by atoms with Crippen molar-refractivity contribution in [2.45, 2.75) is 20.8 Å². The van der Waals surface area contributed by atoms with Gasteiger partial charge in [0.05, 0.1) is 22.8 Å². The van der Waals surface area contributed by atoms with Crippen LogP contribution in [0.4, 0.5) is 0 Å². The molecule has 0 aliphatic carbocycles. The zero-order valence-electron chi connectivity index (χ0n) is 29.3. The molecule has 0 fully saturated rings. The molecule has 0 N–H and O–H groups in total. The van der Waals surface area contributed by atoms with Crippen LogP contribution in [0.2, 0.25) is 0 Å². The van der Waals surface area contributed by atoms with Gasteiger partial charge >= 0.3 is 0 Å². The van der Waals surface area contributed by atoms with Gasteiger partial charge in [-0.3, -0.25) is 4.57 Å². The smallest absolute Gasteiger partial charge is 0.268 e. The molecule has 3 heterocycles. The molecule has 0 bridgehead atoms. The molecular weight excluding hydrogens is 850 g/mol. The van der Waals surface area contributed by atoms with Crippen LogP contribution in [0.25, 0.3) is 65.3 Å². The molecule has 6 aromatic carbocycles. The summed E-state index contributed by atoms with van der Waals surface area (Å²) in [5.74, 6) is 1.23. The molecule has 3 aromatic heterocycles. The fourth-order valence-corrected chi connectivity index (χ4v) is 8.37. The number of aromatic nitrogens is 3. The molecule has 6 heteroatoms. The maximum Gasteiger partial charge on any atom is 0.268 e. The van der Waals surface area contributed by atoms with Gasteiger partial charge in [-0.15, -0.1) is 23.8 Å². The van der Waals surface area contributed by atoms with Crippen LogP contribution in [0.15, 0.2) is 146 Å². The van der Waals surface area contributed by atoms with E-state index >= 15 is 0 Å². The second kappa shape index (κ2) is 14.4. The van der Waals surface area contributed by atoms with E-state index in [9.17, 15) is 0 Å². The molecule has 0 atom stereocenters. The van der Waals surface area contributed by atoms with Crippen LogP contribution in [-0.2, 0) is 21.1 Å². The zero-order chi connectivity index (χ0) is 35.2. The van der Waals surface area contributed by atoms with Gasteiger partial charge in [0, 0.05) is 37.7 Å². The minimum atomic E-state index is 0. The number of thiophene rings is 1. The Labute approximate surface area is 327 Å². The van der Waals surface area contributed by atoms with Gasteiger partial charge in [-0.1, -0.05) is 115 Å². The van der Waals surface area contributed by atoms with E-state index in [0.717, 1.165) is 60.6 Å². The average Bonchev–Trinajstić information content (AvgIpc) is 3.75. The maximum atomic E-state index is 6.82. The summed E-state index contributed by atoms with van der Waals surface area (Å²) in [5, 5.41) is 2.17. The molecule has 0 saturated carbocycles. The second-order valence-corrected chi connectivity index (χ2v) is 14.1. The number of imidazole rings is 1. The Morgan fingerprint density at radius 2 is 1.38 bits per heavy atom. The number of rotatable bonds is 7. The van der Waals surface area contributed by atoms with E-state index in [1.807, 2.05) is 36.5 Å². The van der Waals surface area contributed by atoms with Crippen molar-refractivity contribution in [2.75, 3.05) is 0 Å². The summed E-state index contributed by atoms with van der Waals surface area (Å²) in [6, 6.07) is 55.4. The van der Waals surface area contributed by atoms with Crippen molar-refractivity contribution < 1.29 is 30.4 Å². The van der Waals surface area contributed by atoms with Crippen LogP contribution in [0.1, 0.15) is 16.7 Å². The molecule has 4 nitrogen and oxygen atoms in total. The minimum absolute atomic E-state index is 0. The third-order valence-electron chi connectivity index (χ3n) is 9.35. The van der Waals surface area contributed by atoms with E-state index in [4.69, 9.17) is 4.74 Å². The molecule has 260 valence electrons. The van der Waals surface area contributed by atoms with E-state index in [2.05, 4.69) is 163 Å². The molecule has 0 unspecified atom stereocenters. The molecule has 9 aromatic rings. The largest absolute Gasteiger partial charge is 0.503 e. The molecule has 0 aliphatic rings. The molecule has 9 rings (SSSR count). The Hall–Kier alpha value is -5.61. The molecule has 0 aliphatic heterocycles. The van der Waals surface area contributed by atoms with Crippen molar-refractivity contribution in [3.63, 3.8) is 0 Å².